The molecule has 1 N–H and O–H groups in total. The summed E-state index contributed by atoms with van der Waals surface area (Å²) >= 11 is 0. The van der Waals surface area contributed by atoms with Crippen LogP contribution in [-0.4, -0.2) is 23.0 Å². The minimum absolute atomic E-state index is 0.856. The molecule has 1 fully saturated rings. The largest absolute Gasteiger partial charge is 0.361 e. The van der Waals surface area contributed by atoms with Crippen molar-refractivity contribution in [2.75, 3.05) is 13.1 Å². The molecule has 0 saturated carbocycles. The molecule has 0 radical (unpaired) electrons. The molecule has 1 aliphatic heterocycles. The van der Waals surface area contributed by atoms with Gasteiger partial charge in [-0.3, -0.25) is 4.90 Å². The predicted molar refractivity (Wildman–Crippen MR) is 72.0 cm³/mol. The van der Waals surface area contributed by atoms with Crippen molar-refractivity contribution < 1.29 is 0 Å². The number of rotatable bonds is 2. The standard InChI is InChI=1S/C15H20N2/c1-12-5-4-8-17(10-12)11-13-9-16-15-7-3-2-6-14(13)15/h2-3,6-7,9,12,16H,4-5,8,10-11H2,1H3/t12-/m0/s1. The fraction of sp³-hybridized carbons (Fsp3) is 0.467. The SMILES string of the molecule is C[C@H]1CCCN(Cc2c[nH]c3ccccc23)C1. The highest BCUT2D eigenvalue weighted by Gasteiger charge is 2.17. The lowest BCUT2D eigenvalue weighted by atomic mass is 10.00. The summed E-state index contributed by atoms with van der Waals surface area (Å²) in [5.41, 5.74) is 2.70. The third-order valence-corrected chi connectivity index (χ3v) is 3.81. The van der Waals surface area contributed by atoms with Gasteiger partial charge in [-0.15, -0.1) is 0 Å². The van der Waals surface area contributed by atoms with Crippen LogP contribution in [0, 0.1) is 5.92 Å². The zero-order valence-electron chi connectivity index (χ0n) is 10.4. The van der Waals surface area contributed by atoms with E-state index in [1.54, 1.807) is 0 Å². The number of fused-ring (bicyclic) bond motifs is 1. The summed E-state index contributed by atoms with van der Waals surface area (Å²) in [5, 5.41) is 1.38. The van der Waals surface area contributed by atoms with Crippen LogP contribution in [0.4, 0.5) is 0 Å². The second-order valence-electron chi connectivity index (χ2n) is 5.34. The summed E-state index contributed by atoms with van der Waals surface area (Å²) in [4.78, 5) is 5.95. The Bertz CT molecular complexity index is 500. The molecule has 17 heavy (non-hydrogen) atoms. The van der Waals surface area contributed by atoms with Gasteiger partial charge in [-0.25, -0.2) is 0 Å². The molecule has 2 heteroatoms. The monoisotopic (exact) mass is 228 g/mol. The smallest absolute Gasteiger partial charge is 0.0457 e. The Balaban J connectivity index is 1.80. The van der Waals surface area contributed by atoms with Crippen molar-refractivity contribution >= 4 is 10.9 Å². The highest BCUT2D eigenvalue weighted by Crippen LogP contribution is 2.22. The van der Waals surface area contributed by atoms with Crippen molar-refractivity contribution in [2.24, 2.45) is 5.92 Å². The van der Waals surface area contributed by atoms with E-state index in [4.69, 9.17) is 0 Å². The van der Waals surface area contributed by atoms with Crippen LogP contribution >= 0.6 is 0 Å². The van der Waals surface area contributed by atoms with E-state index in [0.29, 0.717) is 0 Å². The summed E-state index contributed by atoms with van der Waals surface area (Å²) in [6.07, 6.45) is 4.91. The molecule has 0 spiro atoms. The Morgan fingerprint density at radius 2 is 2.24 bits per heavy atom. The summed E-state index contributed by atoms with van der Waals surface area (Å²) in [5.74, 6) is 0.856. The van der Waals surface area contributed by atoms with Crippen LogP contribution in [0.1, 0.15) is 25.3 Å². The number of hydrogen-bond donors (Lipinski definition) is 1. The van der Waals surface area contributed by atoms with Gasteiger partial charge >= 0.3 is 0 Å². The quantitative estimate of drug-likeness (QED) is 0.834. The van der Waals surface area contributed by atoms with E-state index in [1.807, 2.05) is 0 Å². The van der Waals surface area contributed by atoms with Gasteiger partial charge in [0.15, 0.2) is 0 Å². The zero-order chi connectivity index (χ0) is 11.7. The van der Waals surface area contributed by atoms with Crippen molar-refractivity contribution in [3.63, 3.8) is 0 Å². The normalized spacial score (nSPS) is 22.1. The van der Waals surface area contributed by atoms with Crippen molar-refractivity contribution in [1.29, 1.82) is 0 Å². The van der Waals surface area contributed by atoms with Gasteiger partial charge in [0.05, 0.1) is 0 Å². The van der Waals surface area contributed by atoms with E-state index >= 15 is 0 Å². The maximum atomic E-state index is 3.36. The lowest BCUT2D eigenvalue weighted by molar-refractivity contribution is 0.177. The van der Waals surface area contributed by atoms with E-state index in [1.165, 1.54) is 42.4 Å². The summed E-state index contributed by atoms with van der Waals surface area (Å²) in [6, 6.07) is 8.58. The number of benzene rings is 1. The summed E-state index contributed by atoms with van der Waals surface area (Å²) in [6.45, 7) is 5.96. The third kappa shape index (κ3) is 2.22. The molecule has 0 unspecified atom stereocenters. The van der Waals surface area contributed by atoms with Gasteiger partial charge < -0.3 is 4.98 Å². The van der Waals surface area contributed by atoms with Crippen LogP contribution in [0.5, 0.6) is 0 Å². The number of likely N-dealkylation sites (tertiary alicyclic amines) is 1. The van der Waals surface area contributed by atoms with Crippen LogP contribution < -0.4 is 0 Å². The molecular weight excluding hydrogens is 208 g/mol. The number of para-hydroxylation sites is 1. The lowest BCUT2D eigenvalue weighted by Crippen LogP contribution is -2.33. The second kappa shape index (κ2) is 4.53. The lowest BCUT2D eigenvalue weighted by Gasteiger charge is -2.30. The zero-order valence-corrected chi connectivity index (χ0v) is 10.4. The van der Waals surface area contributed by atoms with Crippen LogP contribution in [0.25, 0.3) is 10.9 Å². The number of aromatic nitrogens is 1. The first-order valence-corrected chi connectivity index (χ1v) is 6.60. The molecule has 90 valence electrons. The van der Waals surface area contributed by atoms with Gasteiger partial charge in [-0.2, -0.15) is 0 Å². The van der Waals surface area contributed by atoms with Gasteiger partial charge in [0.25, 0.3) is 0 Å². The summed E-state index contributed by atoms with van der Waals surface area (Å²) < 4.78 is 0. The molecule has 2 nitrogen and oxygen atoms in total. The number of nitrogens with zero attached hydrogens (tertiary/aromatic N) is 1. The molecule has 2 heterocycles. The van der Waals surface area contributed by atoms with Crippen LogP contribution in [0.2, 0.25) is 0 Å². The predicted octanol–water partition coefficient (Wildman–Crippen LogP) is 3.40. The topological polar surface area (TPSA) is 19.0 Å². The molecular formula is C15H20N2. The minimum atomic E-state index is 0.856. The molecule has 3 rings (SSSR count). The van der Waals surface area contributed by atoms with Gasteiger partial charge in [0.1, 0.15) is 0 Å². The molecule has 0 aliphatic carbocycles. The van der Waals surface area contributed by atoms with Crippen LogP contribution in [-0.2, 0) is 6.54 Å². The van der Waals surface area contributed by atoms with Crippen molar-refractivity contribution in [1.82, 2.24) is 9.88 Å². The fourth-order valence-corrected chi connectivity index (χ4v) is 2.93. The molecule has 0 bridgehead atoms. The van der Waals surface area contributed by atoms with Gasteiger partial charge in [-0.1, -0.05) is 25.1 Å². The van der Waals surface area contributed by atoms with Crippen molar-refractivity contribution in [3.05, 3.63) is 36.0 Å². The van der Waals surface area contributed by atoms with Gasteiger partial charge in [0.2, 0.25) is 0 Å². The van der Waals surface area contributed by atoms with Crippen LogP contribution in [0.15, 0.2) is 30.5 Å². The molecule has 1 aliphatic rings. The van der Waals surface area contributed by atoms with Gasteiger partial charge in [-0.05, 0) is 36.9 Å². The van der Waals surface area contributed by atoms with E-state index in [2.05, 4.69) is 47.3 Å². The van der Waals surface area contributed by atoms with Crippen LogP contribution in [0.3, 0.4) is 0 Å². The minimum Gasteiger partial charge on any atom is -0.361 e. The molecule has 0 amide bonds. The molecule has 1 aromatic heterocycles. The average Bonchev–Trinajstić information content (AvgIpc) is 2.73. The van der Waals surface area contributed by atoms with Gasteiger partial charge in [0, 0.05) is 30.2 Å². The average molecular weight is 228 g/mol. The Kier molecular flexibility index (Phi) is 2.89. The molecule has 2 aromatic rings. The van der Waals surface area contributed by atoms with Crippen molar-refractivity contribution in [2.45, 2.75) is 26.3 Å². The highest BCUT2D eigenvalue weighted by molar-refractivity contribution is 5.82. The Labute approximate surface area is 103 Å². The first-order valence-electron chi connectivity index (χ1n) is 6.60. The van der Waals surface area contributed by atoms with E-state index in [9.17, 15) is 0 Å². The number of piperidine rings is 1. The Morgan fingerprint density at radius 1 is 1.35 bits per heavy atom. The maximum absolute atomic E-state index is 3.36. The fourth-order valence-electron chi connectivity index (χ4n) is 2.93. The first kappa shape index (κ1) is 10.8. The Hall–Kier alpha value is -1.28. The molecule has 1 saturated heterocycles. The van der Waals surface area contributed by atoms with E-state index in [-0.39, 0.29) is 0 Å². The Morgan fingerprint density at radius 3 is 3.12 bits per heavy atom. The highest BCUT2D eigenvalue weighted by atomic mass is 15.1. The number of H-pyrrole nitrogens is 1. The number of nitrogens with one attached hydrogen (secondary N) is 1. The summed E-state index contributed by atoms with van der Waals surface area (Å²) in [7, 11) is 0. The van der Waals surface area contributed by atoms with E-state index < -0.39 is 0 Å². The second-order valence-corrected chi connectivity index (χ2v) is 5.34. The number of aromatic amines is 1. The van der Waals surface area contributed by atoms with E-state index in [0.717, 1.165) is 12.5 Å². The molecule has 1 aromatic carbocycles. The maximum Gasteiger partial charge on any atom is 0.0457 e. The molecule has 1 atom stereocenters. The third-order valence-electron chi connectivity index (χ3n) is 3.81. The van der Waals surface area contributed by atoms with Crippen molar-refractivity contribution in [3.8, 4) is 0 Å². The first-order chi connectivity index (χ1) is 8.33. The number of hydrogen-bond acceptors (Lipinski definition) is 1.